The zero-order valence-electron chi connectivity index (χ0n) is 27.8. The summed E-state index contributed by atoms with van der Waals surface area (Å²) < 4.78 is 0. The van der Waals surface area contributed by atoms with E-state index >= 15 is 0 Å². The third-order valence-electron chi connectivity index (χ3n) is 10.1. The van der Waals surface area contributed by atoms with Crippen molar-refractivity contribution in [2.24, 2.45) is 0 Å². The van der Waals surface area contributed by atoms with Gasteiger partial charge in [0.25, 0.3) is 0 Å². The molecule has 1 N–H and O–H groups in total. The Bertz CT molecular complexity index is 2680. The molecule has 9 aromatic carbocycles. The topological polar surface area (TPSA) is 20.2 Å². The van der Waals surface area contributed by atoms with Crippen molar-refractivity contribution in [2.45, 2.75) is 6.92 Å². The number of aryl methyl sites for hydroxylation is 1. The fourth-order valence-corrected chi connectivity index (χ4v) is 7.63. The van der Waals surface area contributed by atoms with Crippen molar-refractivity contribution < 1.29 is 5.11 Å². The molecular weight excluding hydrogens is 605 g/mol. The summed E-state index contributed by atoms with van der Waals surface area (Å²) in [4.78, 5) is 0. The van der Waals surface area contributed by atoms with Crippen LogP contribution in [0, 0.1) is 6.92 Å². The molecule has 0 amide bonds. The van der Waals surface area contributed by atoms with E-state index in [1.165, 1.54) is 60.1 Å². The van der Waals surface area contributed by atoms with Crippen molar-refractivity contribution >= 4 is 32.3 Å². The van der Waals surface area contributed by atoms with Crippen LogP contribution in [0.5, 0.6) is 5.75 Å². The number of rotatable bonds is 5. The van der Waals surface area contributed by atoms with Gasteiger partial charge in [0.05, 0.1) is 0 Å². The molecule has 0 heterocycles. The summed E-state index contributed by atoms with van der Waals surface area (Å²) in [5, 5.41) is 18.3. The Balaban J connectivity index is 1.21. The van der Waals surface area contributed by atoms with Gasteiger partial charge in [-0.05, 0) is 125 Å². The molecule has 0 saturated heterocycles. The number of benzene rings is 9. The van der Waals surface area contributed by atoms with Gasteiger partial charge in [-0.2, -0.15) is 0 Å². The Hall–Kier alpha value is -6.44. The minimum Gasteiger partial charge on any atom is -0.507 e. The molecule has 0 unspecified atom stereocenters. The van der Waals surface area contributed by atoms with Crippen LogP contribution in [0.4, 0.5) is 0 Å². The maximum Gasteiger partial charge on any atom is 0.123 e. The molecule has 0 aromatic heterocycles. The lowest BCUT2D eigenvalue weighted by Gasteiger charge is -2.19. The molecule has 1 nitrogen and oxygen atoms in total. The second-order valence-corrected chi connectivity index (χ2v) is 13.1. The van der Waals surface area contributed by atoms with E-state index in [2.05, 4.69) is 165 Å². The smallest absolute Gasteiger partial charge is 0.123 e. The highest BCUT2D eigenvalue weighted by Crippen LogP contribution is 2.45. The van der Waals surface area contributed by atoms with Crippen LogP contribution in [-0.4, -0.2) is 5.11 Å². The summed E-state index contributed by atoms with van der Waals surface area (Å²) in [5.74, 6) is 0.288. The predicted octanol–water partition coefficient (Wildman–Crippen LogP) is 13.5. The highest BCUT2D eigenvalue weighted by molar-refractivity contribution is 6.21. The van der Waals surface area contributed by atoms with Crippen molar-refractivity contribution in [3.63, 3.8) is 0 Å². The van der Waals surface area contributed by atoms with Gasteiger partial charge < -0.3 is 5.11 Å². The van der Waals surface area contributed by atoms with Crippen LogP contribution in [0.3, 0.4) is 0 Å². The van der Waals surface area contributed by atoms with Crippen LogP contribution >= 0.6 is 0 Å². The second-order valence-electron chi connectivity index (χ2n) is 13.1. The van der Waals surface area contributed by atoms with Gasteiger partial charge >= 0.3 is 0 Å². The number of aromatic hydroxyl groups is 1. The number of fused-ring (bicyclic) bond motifs is 3. The summed E-state index contributed by atoms with van der Waals surface area (Å²) in [6.07, 6.45) is 0. The molecule has 0 fully saturated rings. The number of hydrogen-bond donors (Lipinski definition) is 1. The minimum absolute atomic E-state index is 0.288. The lowest BCUT2D eigenvalue weighted by atomic mass is 9.85. The first-order valence-corrected chi connectivity index (χ1v) is 17.2. The summed E-state index contributed by atoms with van der Waals surface area (Å²) in [6.45, 7) is 2.08. The summed E-state index contributed by atoms with van der Waals surface area (Å²) >= 11 is 0. The molecule has 0 aliphatic heterocycles. The molecule has 236 valence electrons. The van der Waals surface area contributed by atoms with Gasteiger partial charge in [-0.25, -0.2) is 0 Å². The molecule has 0 spiro atoms. The van der Waals surface area contributed by atoms with Gasteiger partial charge in [0.1, 0.15) is 5.75 Å². The van der Waals surface area contributed by atoms with Crippen molar-refractivity contribution in [1.29, 1.82) is 0 Å². The molecule has 0 bridgehead atoms. The molecule has 0 saturated carbocycles. The summed E-state index contributed by atoms with van der Waals surface area (Å²) in [6, 6.07) is 64.9. The third-order valence-corrected chi connectivity index (χ3v) is 10.1. The van der Waals surface area contributed by atoms with E-state index in [4.69, 9.17) is 0 Å². The van der Waals surface area contributed by atoms with Crippen molar-refractivity contribution in [1.82, 2.24) is 0 Å². The van der Waals surface area contributed by atoms with Gasteiger partial charge in [-0.1, -0.05) is 152 Å². The molecular formula is C49H34O. The highest BCUT2D eigenvalue weighted by atomic mass is 16.3. The quantitative estimate of drug-likeness (QED) is 0.186. The SMILES string of the molecule is Cc1ccccc1-c1cc(-c2cccc(-c3c4ccccc4c(-c4cccc(-c5ccc6ccccc6c5)c4)c4ccccc34)c2)ccc1O. The maximum atomic E-state index is 10.9. The Morgan fingerprint density at radius 2 is 0.780 bits per heavy atom. The van der Waals surface area contributed by atoms with Gasteiger partial charge in [0.2, 0.25) is 0 Å². The monoisotopic (exact) mass is 638 g/mol. The third kappa shape index (κ3) is 5.12. The Morgan fingerprint density at radius 1 is 0.320 bits per heavy atom. The molecule has 1 heteroatoms. The standard InChI is InChI=1S/C49H34O/c1-32-12-2-5-19-41(32)46-31-38(26-27-47(46)50)36-16-11-18-40(30-36)49-44-22-8-6-20-42(44)48(43-21-7-9-23-45(43)49)39-17-10-15-35(29-39)37-25-24-33-13-3-4-14-34(33)28-37/h2-31,50H,1H3. The van der Waals surface area contributed by atoms with Gasteiger partial charge in [-0.3, -0.25) is 0 Å². The van der Waals surface area contributed by atoms with Gasteiger partial charge in [0, 0.05) is 5.56 Å². The van der Waals surface area contributed by atoms with Crippen LogP contribution in [0.15, 0.2) is 182 Å². The van der Waals surface area contributed by atoms with E-state index < -0.39 is 0 Å². The summed E-state index contributed by atoms with van der Waals surface area (Å²) in [7, 11) is 0. The Labute approximate surface area is 292 Å². The number of hydrogen-bond acceptors (Lipinski definition) is 1. The van der Waals surface area contributed by atoms with E-state index in [1.807, 2.05) is 24.3 Å². The lowest BCUT2D eigenvalue weighted by molar-refractivity contribution is 0.477. The fraction of sp³-hybridized carbons (Fsp3) is 0.0204. The van der Waals surface area contributed by atoms with E-state index in [1.54, 1.807) is 0 Å². The molecule has 50 heavy (non-hydrogen) atoms. The zero-order chi connectivity index (χ0) is 33.6. The molecule has 9 rings (SSSR count). The summed E-state index contributed by atoms with van der Waals surface area (Å²) in [5.41, 5.74) is 12.5. The van der Waals surface area contributed by atoms with Gasteiger partial charge in [-0.15, -0.1) is 0 Å². The van der Waals surface area contributed by atoms with E-state index in [-0.39, 0.29) is 5.75 Å². The predicted molar refractivity (Wildman–Crippen MR) is 213 cm³/mol. The normalized spacial score (nSPS) is 11.4. The molecule has 0 aliphatic carbocycles. The number of phenols is 1. The van der Waals surface area contributed by atoms with Crippen molar-refractivity contribution in [3.8, 4) is 61.4 Å². The van der Waals surface area contributed by atoms with Crippen molar-refractivity contribution in [3.05, 3.63) is 188 Å². The van der Waals surface area contributed by atoms with Crippen LogP contribution in [0.1, 0.15) is 5.56 Å². The van der Waals surface area contributed by atoms with Gasteiger partial charge in [0.15, 0.2) is 0 Å². The maximum absolute atomic E-state index is 10.9. The second kappa shape index (κ2) is 12.2. The Kier molecular flexibility index (Phi) is 7.25. The number of phenolic OH excluding ortho intramolecular Hbond substituents is 1. The molecule has 0 atom stereocenters. The Morgan fingerprint density at radius 3 is 1.38 bits per heavy atom. The molecule has 0 radical (unpaired) electrons. The van der Waals surface area contributed by atoms with E-state index in [9.17, 15) is 5.11 Å². The van der Waals surface area contributed by atoms with Crippen LogP contribution < -0.4 is 0 Å². The largest absolute Gasteiger partial charge is 0.507 e. The van der Waals surface area contributed by atoms with E-state index in [0.717, 1.165) is 33.4 Å². The van der Waals surface area contributed by atoms with Crippen LogP contribution in [0.25, 0.3) is 88.0 Å². The molecule has 9 aromatic rings. The molecule has 0 aliphatic rings. The first kappa shape index (κ1) is 29.7. The van der Waals surface area contributed by atoms with Crippen molar-refractivity contribution in [2.75, 3.05) is 0 Å². The van der Waals surface area contributed by atoms with Crippen LogP contribution in [-0.2, 0) is 0 Å². The van der Waals surface area contributed by atoms with Crippen LogP contribution in [0.2, 0.25) is 0 Å². The average molecular weight is 639 g/mol. The van der Waals surface area contributed by atoms with E-state index in [0.29, 0.717) is 0 Å². The fourth-order valence-electron chi connectivity index (χ4n) is 7.63. The average Bonchev–Trinajstić information content (AvgIpc) is 3.17. The highest BCUT2D eigenvalue weighted by Gasteiger charge is 2.18. The first-order chi connectivity index (χ1) is 24.6. The first-order valence-electron chi connectivity index (χ1n) is 17.2. The lowest BCUT2D eigenvalue weighted by Crippen LogP contribution is -1.92. The minimum atomic E-state index is 0.288. The zero-order valence-corrected chi connectivity index (χ0v) is 27.8.